The Labute approximate surface area is 212 Å². The number of halogens is 1. The highest BCUT2D eigenvalue weighted by Gasteiger charge is 2.31. The Morgan fingerprint density at radius 2 is 1.67 bits per heavy atom. The third-order valence-electron chi connectivity index (χ3n) is 6.88. The van der Waals surface area contributed by atoms with Gasteiger partial charge in [-0.25, -0.2) is 9.59 Å². The van der Waals surface area contributed by atoms with Crippen molar-refractivity contribution >= 4 is 29.2 Å². The highest BCUT2D eigenvalue weighted by atomic mass is 35.5. The maximum absolute atomic E-state index is 13.0. The van der Waals surface area contributed by atoms with Crippen LogP contribution in [0.25, 0.3) is 11.1 Å². The first-order chi connectivity index (χ1) is 17.4. The van der Waals surface area contributed by atoms with Crippen molar-refractivity contribution in [3.05, 3.63) is 86.2 Å². The van der Waals surface area contributed by atoms with Gasteiger partial charge in [0.2, 0.25) is 5.91 Å². The molecule has 2 aliphatic heterocycles. The number of nitrogens with one attached hydrogen (secondary N) is 2. The van der Waals surface area contributed by atoms with Crippen LogP contribution in [0, 0.1) is 0 Å². The van der Waals surface area contributed by atoms with Crippen molar-refractivity contribution in [1.29, 1.82) is 0 Å². The van der Waals surface area contributed by atoms with Crippen LogP contribution in [0.15, 0.2) is 64.3 Å². The first-order valence-electron chi connectivity index (χ1n) is 11.9. The molecule has 0 saturated carbocycles. The molecular weight excluding hydrogens is 482 g/mol. The van der Waals surface area contributed by atoms with Crippen molar-refractivity contribution < 1.29 is 9.59 Å². The monoisotopic (exact) mass is 507 g/mol. The number of amides is 3. The molecule has 9 nitrogen and oxygen atoms in total. The highest BCUT2D eigenvalue weighted by Crippen LogP contribution is 2.26. The number of rotatable bonds is 4. The van der Waals surface area contributed by atoms with Gasteiger partial charge in [0.1, 0.15) is 6.54 Å². The fourth-order valence-electron chi connectivity index (χ4n) is 4.91. The summed E-state index contributed by atoms with van der Waals surface area (Å²) in [5.74, 6) is -0.222. The predicted molar refractivity (Wildman–Crippen MR) is 137 cm³/mol. The molecule has 2 N–H and O–H groups in total. The van der Waals surface area contributed by atoms with Gasteiger partial charge in [0.05, 0.1) is 5.56 Å². The molecule has 5 rings (SSSR count). The molecule has 2 aliphatic rings. The van der Waals surface area contributed by atoms with Crippen LogP contribution in [-0.2, 0) is 17.8 Å². The Kier molecular flexibility index (Phi) is 6.65. The first kappa shape index (κ1) is 23.9. The molecule has 0 atom stereocenters. The van der Waals surface area contributed by atoms with Crippen molar-refractivity contribution in [3.63, 3.8) is 0 Å². The number of benzene rings is 2. The number of urea groups is 1. The number of hydrogen-bond donors (Lipinski definition) is 2. The number of hydrogen-bond acceptors (Lipinski definition) is 4. The van der Waals surface area contributed by atoms with E-state index in [2.05, 4.69) is 10.3 Å². The van der Waals surface area contributed by atoms with Gasteiger partial charge in [0.15, 0.2) is 0 Å². The van der Waals surface area contributed by atoms with Crippen LogP contribution >= 0.6 is 11.6 Å². The van der Waals surface area contributed by atoms with E-state index >= 15 is 0 Å². The Morgan fingerprint density at radius 3 is 2.44 bits per heavy atom. The number of likely N-dealkylation sites (tertiary alicyclic amines) is 1. The summed E-state index contributed by atoms with van der Waals surface area (Å²) in [7, 11) is 0. The SMILES string of the molecule is O=C(Cn1cc(-c2ccccc2Cl)c(=O)[nH]c1=O)N1CCC(N2CCc3ccccc3NC2=O)CC1. The lowest BCUT2D eigenvalue weighted by molar-refractivity contribution is -0.133. The van der Waals surface area contributed by atoms with Gasteiger partial charge < -0.3 is 15.1 Å². The van der Waals surface area contributed by atoms with E-state index < -0.39 is 11.2 Å². The number of carbonyl (C=O) groups is 2. The van der Waals surface area contributed by atoms with Gasteiger partial charge in [0, 0.05) is 48.1 Å². The molecule has 0 bridgehead atoms. The largest absolute Gasteiger partial charge is 0.341 e. The maximum atomic E-state index is 13.0. The molecule has 0 radical (unpaired) electrons. The van der Waals surface area contributed by atoms with E-state index in [-0.39, 0.29) is 30.1 Å². The summed E-state index contributed by atoms with van der Waals surface area (Å²) in [5.41, 5.74) is 1.46. The molecule has 186 valence electrons. The average Bonchev–Trinajstić information content (AvgIpc) is 3.04. The Morgan fingerprint density at radius 1 is 0.944 bits per heavy atom. The number of nitrogens with zero attached hydrogens (tertiary/aromatic N) is 3. The summed E-state index contributed by atoms with van der Waals surface area (Å²) in [6.07, 6.45) is 3.46. The smallest absolute Gasteiger partial charge is 0.328 e. The number of fused-ring (bicyclic) bond motifs is 1. The standard InChI is InChI=1S/C26H26ClN5O4/c27-21-7-3-2-6-19(21)20-15-31(25(35)29-24(20)34)16-23(33)30-12-10-18(11-13-30)32-14-9-17-5-1-4-8-22(17)28-26(32)36/h1-8,15,18H,9-14,16H2,(H,28,36)(H,29,34,35). The topological polar surface area (TPSA) is 108 Å². The lowest BCUT2D eigenvalue weighted by Gasteiger charge is -2.38. The summed E-state index contributed by atoms with van der Waals surface area (Å²) >= 11 is 6.23. The highest BCUT2D eigenvalue weighted by molar-refractivity contribution is 6.33. The Balaban J connectivity index is 1.24. The quantitative estimate of drug-likeness (QED) is 0.566. The number of aromatic nitrogens is 2. The van der Waals surface area contributed by atoms with E-state index in [0.717, 1.165) is 17.7 Å². The summed E-state index contributed by atoms with van der Waals surface area (Å²) in [6.45, 7) is 1.39. The minimum Gasteiger partial charge on any atom is -0.341 e. The van der Waals surface area contributed by atoms with Gasteiger partial charge in [-0.2, -0.15) is 0 Å². The lowest BCUT2D eigenvalue weighted by Crippen LogP contribution is -2.50. The zero-order chi connectivity index (χ0) is 25.2. The molecule has 1 aromatic heterocycles. The predicted octanol–water partition coefficient (Wildman–Crippen LogP) is 2.94. The molecule has 3 heterocycles. The summed E-state index contributed by atoms with van der Waals surface area (Å²) < 4.78 is 1.20. The molecule has 3 amide bonds. The van der Waals surface area contributed by atoms with Crippen LogP contribution in [0.1, 0.15) is 18.4 Å². The second-order valence-corrected chi connectivity index (χ2v) is 9.46. The first-order valence-corrected chi connectivity index (χ1v) is 12.3. The number of anilines is 1. The van der Waals surface area contributed by atoms with Gasteiger partial charge >= 0.3 is 11.7 Å². The maximum Gasteiger partial charge on any atom is 0.328 e. The molecule has 2 aromatic carbocycles. The molecule has 0 aliphatic carbocycles. The normalized spacial score (nSPS) is 16.3. The van der Waals surface area contributed by atoms with Crippen molar-refractivity contribution in [3.8, 4) is 11.1 Å². The average molecular weight is 508 g/mol. The van der Waals surface area contributed by atoms with Crippen molar-refractivity contribution in [2.24, 2.45) is 0 Å². The van der Waals surface area contributed by atoms with E-state index in [1.807, 2.05) is 29.2 Å². The molecule has 0 spiro atoms. The van der Waals surface area contributed by atoms with Crippen molar-refractivity contribution in [1.82, 2.24) is 19.4 Å². The third kappa shape index (κ3) is 4.79. The zero-order valence-corrected chi connectivity index (χ0v) is 20.3. The summed E-state index contributed by atoms with van der Waals surface area (Å²) in [5, 5.41) is 3.38. The molecule has 3 aromatic rings. The minimum atomic E-state index is -0.653. The van der Waals surface area contributed by atoms with Crippen LogP contribution in [-0.4, -0.2) is 57.0 Å². The van der Waals surface area contributed by atoms with Crippen LogP contribution in [0.3, 0.4) is 0 Å². The number of piperidine rings is 1. The van der Waals surface area contributed by atoms with E-state index in [9.17, 15) is 19.2 Å². The summed E-state index contributed by atoms with van der Waals surface area (Å²) in [4.78, 5) is 56.5. The van der Waals surface area contributed by atoms with Crippen LogP contribution in [0.4, 0.5) is 10.5 Å². The van der Waals surface area contributed by atoms with Gasteiger partial charge in [-0.05, 0) is 37.0 Å². The van der Waals surface area contributed by atoms with E-state index in [1.54, 1.807) is 29.2 Å². The molecule has 36 heavy (non-hydrogen) atoms. The molecular formula is C26H26ClN5O4. The molecule has 10 heteroatoms. The Hall–Kier alpha value is -3.85. The van der Waals surface area contributed by atoms with Crippen LogP contribution < -0.4 is 16.6 Å². The number of aromatic amines is 1. The van der Waals surface area contributed by atoms with Gasteiger partial charge in [0.25, 0.3) is 5.56 Å². The van der Waals surface area contributed by atoms with Crippen LogP contribution in [0.5, 0.6) is 0 Å². The zero-order valence-electron chi connectivity index (χ0n) is 19.6. The second kappa shape index (κ2) is 10.0. The molecule has 1 saturated heterocycles. The number of para-hydroxylation sites is 1. The van der Waals surface area contributed by atoms with Gasteiger partial charge in [-0.1, -0.05) is 48.0 Å². The second-order valence-electron chi connectivity index (χ2n) is 9.05. The molecule has 1 fully saturated rings. The van der Waals surface area contributed by atoms with E-state index in [0.29, 0.717) is 43.1 Å². The Bertz CT molecular complexity index is 1420. The number of H-pyrrole nitrogens is 1. The number of carbonyl (C=O) groups excluding carboxylic acids is 2. The third-order valence-corrected chi connectivity index (χ3v) is 7.21. The van der Waals surface area contributed by atoms with Gasteiger partial charge in [-0.3, -0.25) is 19.1 Å². The summed E-state index contributed by atoms with van der Waals surface area (Å²) in [6, 6.07) is 14.6. The molecule has 0 unspecified atom stereocenters. The van der Waals surface area contributed by atoms with Gasteiger partial charge in [-0.15, -0.1) is 0 Å². The van der Waals surface area contributed by atoms with Crippen molar-refractivity contribution in [2.45, 2.75) is 31.8 Å². The fourth-order valence-corrected chi connectivity index (χ4v) is 5.15. The fraction of sp³-hybridized carbons (Fsp3) is 0.308. The van der Waals surface area contributed by atoms with E-state index in [4.69, 9.17) is 11.6 Å². The minimum absolute atomic E-state index is 0.0333. The lowest BCUT2D eigenvalue weighted by atomic mass is 10.0. The van der Waals surface area contributed by atoms with Crippen molar-refractivity contribution in [2.75, 3.05) is 25.0 Å². The van der Waals surface area contributed by atoms with Crippen LogP contribution in [0.2, 0.25) is 5.02 Å². The van der Waals surface area contributed by atoms with E-state index in [1.165, 1.54) is 10.8 Å².